The number of piperidine rings is 2. The molecule has 0 aromatic heterocycles. The molecule has 2 rings (SSSR count). The highest BCUT2D eigenvalue weighted by atomic mass is 32.2. The Morgan fingerprint density at radius 3 is 2.52 bits per heavy atom. The lowest BCUT2D eigenvalue weighted by atomic mass is 10.0. The SMILES string of the molecule is CC1CCCN(S(=O)(=O)NC2CCN(CC(=N)N)CC2)C1. The van der Waals surface area contributed by atoms with E-state index in [4.69, 9.17) is 11.1 Å². The first-order valence-corrected chi connectivity index (χ1v) is 9.13. The topological polar surface area (TPSA) is 103 Å². The first-order valence-electron chi connectivity index (χ1n) is 7.69. The molecular formula is C13H27N5O2S. The lowest BCUT2D eigenvalue weighted by Crippen LogP contribution is -2.52. The van der Waals surface area contributed by atoms with Crippen LogP contribution in [-0.2, 0) is 10.2 Å². The van der Waals surface area contributed by atoms with E-state index in [1.807, 2.05) is 0 Å². The summed E-state index contributed by atoms with van der Waals surface area (Å²) in [5.41, 5.74) is 5.39. The molecule has 2 aliphatic heterocycles. The average Bonchev–Trinajstić information content (AvgIpc) is 2.40. The Hall–Kier alpha value is -0.700. The molecule has 8 heteroatoms. The minimum absolute atomic E-state index is 0.00422. The van der Waals surface area contributed by atoms with Gasteiger partial charge >= 0.3 is 0 Å². The molecule has 0 radical (unpaired) electrons. The molecule has 0 bridgehead atoms. The first-order chi connectivity index (χ1) is 9.87. The molecule has 0 aliphatic carbocycles. The van der Waals surface area contributed by atoms with Crippen molar-refractivity contribution in [2.75, 3.05) is 32.7 Å². The highest BCUT2D eigenvalue weighted by molar-refractivity contribution is 7.87. The number of nitrogens with two attached hydrogens (primary N) is 1. The quantitative estimate of drug-likeness (QED) is 0.489. The largest absolute Gasteiger partial charge is 0.387 e. The third kappa shape index (κ3) is 4.91. The van der Waals surface area contributed by atoms with Gasteiger partial charge in [-0.15, -0.1) is 0 Å². The third-order valence-electron chi connectivity index (χ3n) is 4.26. The van der Waals surface area contributed by atoms with Crippen LogP contribution in [0.5, 0.6) is 0 Å². The van der Waals surface area contributed by atoms with Crippen LogP contribution < -0.4 is 10.5 Å². The molecule has 4 N–H and O–H groups in total. The second kappa shape index (κ2) is 7.04. The zero-order chi connectivity index (χ0) is 15.5. The zero-order valence-corrected chi connectivity index (χ0v) is 13.5. The Morgan fingerprint density at radius 2 is 1.95 bits per heavy atom. The van der Waals surface area contributed by atoms with E-state index in [0.717, 1.165) is 38.8 Å². The average molecular weight is 317 g/mol. The van der Waals surface area contributed by atoms with Crippen molar-refractivity contribution in [3.05, 3.63) is 0 Å². The van der Waals surface area contributed by atoms with E-state index < -0.39 is 10.2 Å². The lowest BCUT2D eigenvalue weighted by molar-refractivity contribution is 0.226. The summed E-state index contributed by atoms with van der Waals surface area (Å²) >= 11 is 0. The van der Waals surface area contributed by atoms with Gasteiger partial charge in [0.2, 0.25) is 0 Å². The molecule has 2 aliphatic rings. The van der Waals surface area contributed by atoms with Gasteiger partial charge in [0.05, 0.1) is 6.54 Å². The third-order valence-corrected chi connectivity index (χ3v) is 5.90. The van der Waals surface area contributed by atoms with Crippen molar-refractivity contribution in [2.24, 2.45) is 11.7 Å². The Labute approximate surface area is 127 Å². The van der Waals surface area contributed by atoms with E-state index in [2.05, 4.69) is 16.5 Å². The molecule has 0 saturated carbocycles. The normalized spacial score (nSPS) is 26.8. The molecule has 2 fully saturated rings. The summed E-state index contributed by atoms with van der Waals surface area (Å²) in [6, 6.07) is -0.00422. The summed E-state index contributed by atoms with van der Waals surface area (Å²) in [7, 11) is -3.36. The molecule has 0 aromatic carbocycles. The van der Waals surface area contributed by atoms with Gasteiger partial charge in [0.1, 0.15) is 5.84 Å². The Kier molecular flexibility index (Phi) is 5.59. The van der Waals surface area contributed by atoms with E-state index in [-0.39, 0.29) is 11.9 Å². The monoisotopic (exact) mass is 317 g/mol. The number of hydrogen-bond donors (Lipinski definition) is 3. The lowest BCUT2D eigenvalue weighted by Gasteiger charge is -2.35. The summed E-state index contributed by atoms with van der Waals surface area (Å²) in [4.78, 5) is 2.09. The van der Waals surface area contributed by atoms with Gasteiger partial charge in [-0.3, -0.25) is 10.3 Å². The maximum Gasteiger partial charge on any atom is 0.279 e. The number of hydrogen-bond acceptors (Lipinski definition) is 4. The van der Waals surface area contributed by atoms with Gasteiger partial charge < -0.3 is 5.73 Å². The molecule has 0 spiro atoms. The van der Waals surface area contributed by atoms with Gasteiger partial charge in [-0.05, 0) is 31.6 Å². The fourth-order valence-corrected chi connectivity index (χ4v) is 4.73. The van der Waals surface area contributed by atoms with E-state index in [0.29, 0.717) is 25.6 Å². The maximum atomic E-state index is 12.4. The van der Waals surface area contributed by atoms with Crippen LogP contribution in [0.4, 0.5) is 0 Å². The van der Waals surface area contributed by atoms with Gasteiger partial charge in [0.25, 0.3) is 10.2 Å². The zero-order valence-electron chi connectivity index (χ0n) is 12.7. The molecule has 2 heterocycles. The summed E-state index contributed by atoms with van der Waals surface area (Å²) in [6.45, 7) is 5.39. The number of amidine groups is 1. The van der Waals surface area contributed by atoms with Crippen LogP contribution in [0.2, 0.25) is 0 Å². The van der Waals surface area contributed by atoms with Crippen molar-refractivity contribution in [1.82, 2.24) is 13.9 Å². The van der Waals surface area contributed by atoms with Crippen LogP contribution in [0.25, 0.3) is 0 Å². The summed E-state index contributed by atoms with van der Waals surface area (Å²) in [5.74, 6) is 0.601. The molecule has 2 saturated heterocycles. The van der Waals surface area contributed by atoms with Crippen molar-refractivity contribution in [3.63, 3.8) is 0 Å². The fraction of sp³-hybridized carbons (Fsp3) is 0.923. The molecule has 7 nitrogen and oxygen atoms in total. The van der Waals surface area contributed by atoms with E-state index >= 15 is 0 Å². The van der Waals surface area contributed by atoms with Crippen molar-refractivity contribution in [2.45, 2.75) is 38.6 Å². The number of nitrogens with zero attached hydrogens (tertiary/aromatic N) is 2. The molecule has 0 amide bonds. The van der Waals surface area contributed by atoms with Crippen LogP contribution in [0.1, 0.15) is 32.6 Å². The Balaban J connectivity index is 1.83. The second-order valence-electron chi connectivity index (χ2n) is 6.30. The highest BCUT2D eigenvalue weighted by Gasteiger charge is 2.30. The molecule has 0 aromatic rings. The van der Waals surface area contributed by atoms with Gasteiger partial charge in [-0.2, -0.15) is 17.4 Å². The van der Waals surface area contributed by atoms with Gasteiger partial charge in [0.15, 0.2) is 0 Å². The van der Waals surface area contributed by atoms with Crippen LogP contribution >= 0.6 is 0 Å². The van der Waals surface area contributed by atoms with Crippen molar-refractivity contribution in [1.29, 1.82) is 5.41 Å². The van der Waals surface area contributed by atoms with Gasteiger partial charge in [-0.25, -0.2) is 0 Å². The van der Waals surface area contributed by atoms with E-state index in [1.165, 1.54) is 0 Å². The molecule has 122 valence electrons. The minimum Gasteiger partial charge on any atom is -0.387 e. The van der Waals surface area contributed by atoms with Crippen molar-refractivity contribution < 1.29 is 8.42 Å². The van der Waals surface area contributed by atoms with E-state index in [9.17, 15) is 8.42 Å². The van der Waals surface area contributed by atoms with E-state index in [1.54, 1.807) is 4.31 Å². The predicted octanol–water partition coefficient (Wildman–Crippen LogP) is -0.0469. The van der Waals surface area contributed by atoms with Crippen molar-refractivity contribution >= 4 is 16.0 Å². The second-order valence-corrected chi connectivity index (χ2v) is 8.01. The van der Waals surface area contributed by atoms with Crippen LogP contribution in [0.15, 0.2) is 0 Å². The minimum atomic E-state index is -3.36. The Bertz CT molecular complexity index is 459. The van der Waals surface area contributed by atoms with Gasteiger partial charge in [0, 0.05) is 32.2 Å². The maximum absolute atomic E-state index is 12.4. The standard InChI is InChI=1S/C13H27N5O2S/c1-11-3-2-6-18(9-11)21(19,20)16-12-4-7-17(8-5-12)10-13(14)15/h11-12,16H,2-10H2,1H3,(H3,14,15). The number of nitrogens with one attached hydrogen (secondary N) is 2. The Morgan fingerprint density at radius 1 is 1.29 bits per heavy atom. The molecule has 21 heavy (non-hydrogen) atoms. The molecule has 1 unspecified atom stereocenters. The van der Waals surface area contributed by atoms with Gasteiger partial charge in [-0.1, -0.05) is 6.92 Å². The summed E-state index contributed by atoms with van der Waals surface area (Å²) in [6.07, 6.45) is 3.60. The van der Waals surface area contributed by atoms with Crippen molar-refractivity contribution in [3.8, 4) is 0 Å². The van der Waals surface area contributed by atoms with Crippen LogP contribution in [0, 0.1) is 11.3 Å². The summed E-state index contributed by atoms with van der Waals surface area (Å²) < 4.78 is 29.2. The first kappa shape index (κ1) is 16.7. The molecule has 1 atom stereocenters. The highest BCUT2D eigenvalue weighted by Crippen LogP contribution is 2.19. The smallest absolute Gasteiger partial charge is 0.279 e. The number of likely N-dealkylation sites (tertiary alicyclic amines) is 1. The fourth-order valence-electron chi connectivity index (χ4n) is 3.10. The van der Waals surface area contributed by atoms with Crippen LogP contribution in [-0.4, -0.2) is 62.2 Å². The van der Waals surface area contributed by atoms with Crippen LogP contribution in [0.3, 0.4) is 0 Å². The number of rotatable bonds is 5. The predicted molar refractivity (Wildman–Crippen MR) is 83.4 cm³/mol. The summed E-state index contributed by atoms with van der Waals surface area (Å²) in [5, 5.41) is 7.30. The molecular weight excluding hydrogens is 290 g/mol.